The van der Waals surface area contributed by atoms with Crippen LogP contribution in [0.4, 0.5) is 0 Å². The molecule has 3 rings (SSSR count). The third-order valence-electron chi connectivity index (χ3n) is 6.00. The van der Waals surface area contributed by atoms with E-state index in [1.807, 2.05) is 24.3 Å². The highest BCUT2D eigenvalue weighted by atomic mass is 32.2. The number of nitrogens with zero attached hydrogens (tertiary/aromatic N) is 2. The van der Waals surface area contributed by atoms with Gasteiger partial charge in [0.1, 0.15) is 6.10 Å². The van der Waals surface area contributed by atoms with Crippen LogP contribution in [-0.2, 0) is 19.5 Å². The van der Waals surface area contributed by atoms with Gasteiger partial charge in [0.05, 0.1) is 11.8 Å². The fourth-order valence-electron chi connectivity index (χ4n) is 3.75. The molecule has 1 aromatic carbocycles. The molecule has 1 saturated carbocycles. The minimum absolute atomic E-state index is 0.136. The summed E-state index contributed by atoms with van der Waals surface area (Å²) in [6, 6.07) is 9.74. The van der Waals surface area contributed by atoms with Crippen LogP contribution in [0.1, 0.15) is 50.2 Å². The van der Waals surface area contributed by atoms with E-state index in [-0.39, 0.29) is 6.42 Å². The molecule has 8 nitrogen and oxygen atoms in total. The van der Waals surface area contributed by atoms with Crippen molar-refractivity contribution >= 4 is 21.5 Å². The molecule has 1 aliphatic carbocycles. The number of rotatable bonds is 6. The molecule has 1 amide bonds. The zero-order chi connectivity index (χ0) is 22.6. The molecule has 31 heavy (non-hydrogen) atoms. The molecule has 0 spiro atoms. The van der Waals surface area contributed by atoms with Crippen LogP contribution >= 0.6 is 0 Å². The Hall–Kier alpha value is -2.88. The van der Waals surface area contributed by atoms with Crippen molar-refractivity contribution in [3.63, 3.8) is 0 Å². The zero-order valence-electron chi connectivity index (χ0n) is 17.5. The van der Waals surface area contributed by atoms with Crippen LogP contribution < -0.4 is 5.48 Å². The number of hydrogen-bond acceptors (Lipinski definition) is 7. The van der Waals surface area contributed by atoms with Crippen molar-refractivity contribution in [1.82, 2.24) is 5.48 Å². The number of nitriles is 1. The van der Waals surface area contributed by atoms with Gasteiger partial charge in [-0.25, -0.2) is 13.9 Å². The molecular weight excluding hydrogens is 418 g/mol. The molecule has 2 aliphatic rings. The summed E-state index contributed by atoms with van der Waals surface area (Å²) in [6.07, 6.45) is 3.12. The summed E-state index contributed by atoms with van der Waals surface area (Å²) >= 11 is 0. The smallest absolute Gasteiger partial charge is 0.264 e. The lowest BCUT2D eigenvalue weighted by Crippen LogP contribution is -2.51. The highest BCUT2D eigenvalue weighted by molar-refractivity contribution is 7.92. The van der Waals surface area contributed by atoms with E-state index in [0.29, 0.717) is 30.4 Å². The predicted octanol–water partition coefficient (Wildman–Crippen LogP) is 2.17. The van der Waals surface area contributed by atoms with E-state index in [2.05, 4.69) is 23.1 Å². The first-order chi connectivity index (χ1) is 14.7. The third-order valence-corrected chi connectivity index (χ3v) is 7.99. The number of oxime groups is 1. The standard InChI is InChI=1S/C22H25N3O5S/c1-22(21(26)24-27,31(2,28)29)14-19-13-20(25-30-19)18-7-5-15(6-8-18)3-4-16-11-17(12-16)9-10-23/h5-8,16-17,19,27H,9,11-14H2,1-2H3,(H,24,26). The Balaban J connectivity index is 1.59. The number of carbonyl (C=O) groups excluding carboxylic acids is 1. The maximum Gasteiger partial charge on any atom is 0.264 e. The average Bonchev–Trinajstić information content (AvgIpc) is 3.16. The fourth-order valence-corrected chi connectivity index (χ4v) is 4.63. The van der Waals surface area contributed by atoms with Crippen molar-refractivity contribution in [3.8, 4) is 17.9 Å². The first-order valence-electron chi connectivity index (χ1n) is 10.0. The molecule has 0 saturated heterocycles. The van der Waals surface area contributed by atoms with E-state index in [9.17, 15) is 13.2 Å². The summed E-state index contributed by atoms with van der Waals surface area (Å²) in [6.45, 7) is 1.26. The van der Waals surface area contributed by atoms with Gasteiger partial charge in [0.15, 0.2) is 14.6 Å². The molecule has 2 N–H and O–H groups in total. The van der Waals surface area contributed by atoms with E-state index >= 15 is 0 Å². The van der Waals surface area contributed by atoms with Gasteiger partial charge in [-0.15, -0.1) is 0 Å². The SMILES string of the molecule is CC(CC1CC(c2ccc(C#CC3CC(CC#N)C3)cc2)=NO1)(C(=O)NO)S(C)(=O)=O. The summed E-state index contributed by atoms with van der Waals surface area (Å²) < 4.78 is 22.4. The van der Waals surface area contributed by atoms with E-state index in [1.54, 1.807) is 0 Å². The zero-order valence-corrected chi connectivity index (χ0v) is 18.3. The Morgan fingerprint density at radius 3 is 2.61 bits per heavy atom. The molecule has 1 aliphatic heterocycles. The molecule has 1 aromatic rings. The van der Waals surface area contributed by atoms with Gasteiger partial charge in [0.25, 0.3) is 5.91 Å². The molecular formula is C22H25N3O5S. The number of carbonyl (C=O) groups is 1. The van der Waals surface area contributed by atoms with Crippen LogP contribution in [0.5, 0.6) is 0 Å². The molecule has 0 aromatic heterocycles. The van der Waals surface area contributed by atoms with Crippen LogP contribution in [0.25, 0.3) is 0 Å². The van der Waals surface area contributed by atoms with Crippen molar-refractivity contribution in [2.45, 2.75) is 49.9 Å². The second-order valence-corrected chi connectivity index (χ2v) is 10.8. The molecule has 2 unspecified atom stereocenters. The van der Waals surface area contributed by atoms with Gasteiger partial charge in [0.2, 0.25) is 0 Å². The summed E-state index contributed by atoms with van der Waals surface area (Å²) in [5.41, 5.74) is 3.80. The van der Waals surface area contributed by atoms with Gasteiger partial charge in [-0.3, -0.25) is 10.0 Å². The molecule has 0 bridgehead atoms. The van der Waals surface area contributed by atoms with Crippen LogP contribution in [0.2, 0.25) is 0 Å². The number of hydrogen-bond donors (Lipinski definition) is 2. The van der Waals surface area contributed by atoms with E-state index in [0.717, 1.165) is 30.2 Å². The highest BCUT2D eigenvalue weighted by Gasteiger charge is 2.47. The summed E-state index contributed by atoms with van der Waals surface area (Å²) in [5, 5.41) is 21.7. The maximum absolute atomic E-state index is 12.1. The predicted molar refractivity (Wildman–Crippen MR) is 114 cm³/mol. The fraction of sp³-hybridized carbons (Fsp3) is 0.500. The summed E-state index contributed by atoms with van der Waals surface area (Å²) in [7, 11) is -3.80. The molecule has 0 radical (unpaired) electrons. The number of sulfone groups is 1. The number of hydroxylamine groups is 1. The Morgan fingerprint density at radius 2 is 2.03 bits per heavy atom. The Kier molecular flexibility index (Phi) is 6.68. The van der Waals surface area contributed by atoms with E-state index in [4.69, 9.17) is 15.3 Å². The lowest BCUT2D eigenvalue weighted by Gasteiger charge is -2.29. The molecule has 1 heterocycles. The summed E-state index contributed by atoms with van der Waals surface area (Å²) in [4.78, 5) is 17.4. The van der Waals surface area contributed by atoms with E-state index < -0.39 is 26.6 Å². The molecule has 9 heteroatoms. The van der Waals surface area contributed by atoms with E-state index in [1.165, 1.54) is 12.4 Å². The van der Waals surface area contributed by atoms with Gasteiger partial charge >= 0.3 is 0 Å². The third kappa shape index (κ3) is 5.07. The van der Waals surface area contributed by atoms with Crippen molar-refractivity contribution in [2.75, 3.05) is 6.26 Å². The van der Waals surface area contributed by atoms with Gasteiger partial charge in [-0.2, -0.15) is 5.26 Å². The van der Waals surface area contributed by atoms with Gasteiger partial charge in [0, 0.05) is 37.0 Å². The second kappa shape index (κ2) is 9.09. The topological polar surface area (TPSA) is 129 Å². The van der Waals surface area contributed by atoms with Crippen LogP contribution in [0.15, 0.2) is 29.4 Å². The van der Waals surface area contributed by atoms with Crippen molar-refractivity contribution in [1.29, 1.82) is 5.26 Å². The lowest BCUT2D eigenvalue weighted by molar-refractivity contribution is -0.132. The lowest BCUT2D eigenvalue weighted by atomic mass is 9.74. The first-order valence-corrected chi connectivity index (χ1v) is 11.9. The summed E-state index contributed by atoms with van der Waals surface area (Å²) in [5.74, 6) is 6.24. The minimum Gasteiger partial charge on any atom is -0.392 e. The normalized spacial score (nSPS) is 24.3. The average molecular weight is 444 g/mol. The van der Waals surface area contributed by atoms with Gasteiger partial charge in [-0.05, 0) is 43.4 Å². The molecule has 1 fully saturated rings. The monoisotopic (exact) mass is 443 g/mol. The second-order valence-electron chi connectivity index (χ2n) is 8.36. The Morgan fingerprint density at radius 1 is 1.35 bits per heavy atom. The Labute approximate surface area is 182 Å². The quantitative estimate of drug-likeness (QED) is 0.394. The maximum atomic E-state index is 12.1. The molecule has 2 atom stereocenters. The first kappa shape index (κ1) is 22.8. The number of nitrogens with one attached hydrogen (secondary N) is 1. The van der Waals surface area contributed by atoms with Crippen LogP contribution in [-0.4, -0.2) is 42.4 Å². The van der Waals surface area contributed by atoms with Crippen molar-refractivity contribution in [2.24, 2.45) is 17.0 Å². The largest absolute Gasteiger partial charge is 0.392 e. The number of amides is 1. The molecule has 164 valence electrons. The minimum atomic E-state index is -3.80. The van der Waals surface area contributed by atoms with Crippen LogP contribution in [0.3, 0.4) is 0 Å². The van der Waals surface area contributed by atoms with Gasteiger partial charge in [-0.1, -0.05) is 29.1 Å². The Bertz CT molecular complexity index is 1070. The van der Waals surface area contributed by atoms with Gasteiger partial charge < -0.3 is 4.84 Å². The van der Waals surface area contributed by atoms with Crippen molar-refractivity contribution in [3.05, 3.63) is 35.4 Å². The van der Waals surface area contributed by atoms with Crippen LogP contribution in [0, 0.1) is 35.0 Å². The van der Waals surface area contributed by atoms with Crippen molar-refractivity contribution < 1.29 is 23.3 Å². The highest BCUT2D eigenvalue weighted by Crippen LogP contribution is 2.35. The number of benzene rings is 1.